The molecule has 0 N–H and O–H groups in total. The van der Waals surface area contributed by atoms with Gasteiger partial charge in [0.1, 0.15) is 0 Å². The Balaban J connectivity index is 1.73. The number of nitrogens with zero attached hydrogens (tertiary/aromatic N) is 2. The van der Waals surface area contributed by atoms with Crippen LogP contribution in [0.4, 0.5) is 0 Å². The summed E-state index contributed by atoms with van der Waals surface area (Å²) in [7, 11) is 0. The van der Waals surface area contributed by atoms with E-state index in [2.05, 4.69) is 39.9 Å². The minimum atomic E-state index is -0.297. The van der Waals surface area contributed by atoms with E-state index in [-0.39, 0.29) is 21.4 Å². The van der Waals surface area contributed by atoms with Crippen LogP contribution in [0.25, 0.3) is 0 Å². The van der Waals surface area contributed by atoms with Gasteiger partial charge >= 0.3 is 135 Å². The molecule has 0 saturated carbocycles. The fourth-order valence-electron chi connectivity index (χ4n) is 3.05. The van der Waals surface area contributed by atoms with Crippen LogP contribution < -0.4 is 9.47 Å². The Kier molecular flexibility index (Phi) is 9.64. The van der Waals surface area contributed by atoms with E-state index in [1.165, 1.54) is 0 Å². The molecule has 4 nitrogen and oxygen atoms in total. The first-order valence-corrected chi connectivity index (χ1v) is 24.5. The van der Waals surface area contributed by atoms with E-state index >= 15 is 0 Å². The van der Waals surface area contributed by atoms with Crippen molar-refractivity contribution < 1.29 is 9.47 Å². The van der Waals surface area contributed by atoms with Gasteiger partial charge in [0.15, 0.2) is 5.75 Å². The monoisotopic (exact) mass is 783 g/mol. The molecule has 0 radical (unpaired) electrons. The maximum absolute atomic E-state index is 6.48. The van der Waals surface area contributed by atoms with Crippen LogP contribution in [-0.4, -0.2) is 41.1 Å². The molecule has 0 aliphatic rings. The van der Waals surface area contributed by atoms with Crippen LogP contribution in [0.3, 0.4) is 0 Å². The van der Waals surface area contributed by atoms with E-state index in [1.54, 1.807) is 0 Å². The van der Waals surface area contributed by atoms with E-state index in [0.29, 0.717) is 34.9 Å². The summed E-state index contributed by atoms with van der Waals surface area (Å²) in [5.74, 6) is 1.85. The van der Waals surface area contributed by atoms with E-state index < -0.39 is 0 Å². The van der Waals surface area contributed by atoms with Crippen LogP contribution in [0.2, 0.25) is 10.0 Å². The molecule has 9 heteroatoms. The fourth-order valence-corrected chi connectivity index (χ4v) is 7.28. The Labute approximate surface area is 218 Å². The van der Waals surface area contributed by atoms with Gasteiger partial charge in [-0.3, -0.25) is 0 Å². The Bertz CT molecular complexity index is 1020. The quantitative estimate of drug-likeness (QED) is 0.0971. The second-order valence-electron chi connectivity index (χ2n) is 7.40. The molecule has 163 valence electrons. The molecule has 0 amide bonds. The summed E-state index contributed by atoms with van der Waals surface area (Å²) < 4.78 is 13.8. The van der Waals surface area contributed by atoms with Gasteiger partial charge < -0.3 is 4.74 Å². The minimum absolute atomic E-state index is 0.145. The molecule has 0 aliphatic carbocycles. The first-order chi connectivity index (χ1) is 14.8. The van der Waals surface area contributed by atoms with Gasteiger partial charge in [-0.25, -0.2) is 0 Å². The summed E-state index contributed by atoms with van der Waals surface area (Å²) >= 11 is 19.8. The van der Waals surface area contributed by atoms with Crippen LogP contribution in [0.1, 0.15) is 37.1 Å². The van der Waals surface area contributed by atoms with Crippen molar-refractivity contribution in [3.63, 3.8) is 0 Å². The number of halogens is 4. The normalized spacial score (nSPS) is 11.6. The third kappa shape index (κ3) is 6.65. The summed E-state index contributed by atoms with van der Waals surface area (Å²) in [4.78, 5) is 4.40. The molecule has 3 rings (SSSR count). The Morgan fingerprint density at radius 3 is 2.32 bits per heavy atom. The number of ether oxygens (including phenoxy) is 2. The summed E-state index contributed by atoms with van der Waals surface area (Å²) in [6, 6.07) is 12.0. The zero-order chi connectivity index (χ0) is 22.4. The van der Waals surface area contributed by atoms with Gasteiger partial charge in [0.2, 0.25) is 0 Å². The van der Waals surface area contributed by atoms with Crippen molar-refractivity contribution in [2.45, 2.75) is 32.3 Å². The van der Waals surface area contributed by atoms with Gasteiger partial charge in [0.05, 0.1) is 16.7 Å². The third-order valence-corrected chi connectivity index (χ3v) is 12.8. The van der Waals surface area contributed by atoms with E-state index in [0.717, 1.165) is 49.8 Å². The average molecular weight is 784 g/mol. The van der Waals surface area contributed by atoms with Gasteiger partial charge in [-0.05, 0) is 18.6 Å². The molecule has 31 heavy (non-hydrogen) atoms. The van der Waals surface area contributed by atoms with Crippen LogP contribution >= 0.6 is 50.8 Å². The van der Waals surface area contributed by atoms with Crippen molar-refractivity contribution >= 4 is 71.6 Å². The predicted octanol–water partition coefficient (Wildman–Crippen LogP) is 6.92. The van der Waals surface area contributed by atoms with Crippen LogP contribution in [0.5, 0.6) is 11.5 Å². The Morgan fingerprint density at radius 1 is 1.06 bits per heavy atom. The molecule has 2 aromatic carbocycles. The number of hydrogen-bond donors (Lipinski definition) is 0. The van der Waals surface area contributed by atoms with Gasteiger partial charge in [0.25, 0.3) is 0 Å². The van der Waals surface area contributed by atoms with Gasteiger partial charge in [-0.2, -0.15) is 0 Å². The van der Waals surface area contributed by atoms with E-state index in [4.69, 9.17) is 44.3 Å². The molecular formula is C22H22Cl3IN2O2Tl. The van der Waals surface area contributed by atoms with Gasteiger partial charge in [-0.1, -0.05) is 23.2 Å². The third-order valence-electron chi connectivity index (χ3n) is 4.93. The van der Waals surface area contributed by atoms with Gasteiger partial charge in [-0.15, -0.1) is 11.6 Å². The standard InChI is InChI=1S/C22H22Cl3IN2O2.Tl/c1-22(2,16-10-19(24)21(20(25)11-16)29-9-3-8-23)15-4-6-18(7-5-15)30-13-17-12-28(26)14-27-17;/h4-7,10-12,14H,3,8-9,13H2,1-2H3;. The summed E-state index contributed by atoms with van der Waals surface area (Å²) in [6.07, 6.45) is 4.73. The zero-order valence-electron chi connectivity index (χ0n) is 17.2. The average Bonchev–Trinajstić information content (AvgIpc) is 3.22. The smallest absolute Gasteiger partial charge is 0.490 e. The first kappa shape index (κ1) is 25.4. The summed E-state index contributed by atoms with van der Waals surface area (Å²) in [6.45, 7) is 5.24. The zero-order valence-corrected chi connectivity index (χ0v) is 26.2. The van der Waals surface area contributed by atoms with Crippen molar-refractivity contribution in [3.8, 4) is 11.5 Å². The molecular weight excluding hydrogens is 762 g/mol. The maximum atomic E-state index is 6.48. The Hall–Kier alpha value is -0.228. The molecule has 0 bridgehead atoms. The number of benzene rings is 2. The van der Waals surface area contributed by atoms with Crippen LogP contribution in [0.15, 0.2) is 48.9 Å². The second kappa shape index (κ2) is 11.8. The minimum Gasteiger partial charge on any atom is -0.490 e. The number of rotatable bonds is 10. The SMILES string of the molecule is CC(C)(c1ccc(OCc2cn([I]=[Tl])cn2)cc1)c1cc(Cl)c(OCCCCl)c(Cl)c1. The van der Waals surface area contributed by atoms with Crippen molar-refractivity contribution in [1.82, 2.24) is 7.76 Å². The second-order valence-corrected chi connectivity index (χ2v) is 15.4. The van der Waals surface area contributed by atoms with Gasteiger partial charge in [0, 0.05) is 5.88 Å². The number of alkyl halides is 1. The number of aromatic nitrogens is 2. The molecule has 3 aromatic rings. The molecule has 0 fully saturated rings. The molecule has 0 saturated heterocycles. The topological polar surface area (TPSA) is 36.3 Å². The number of hydrogen-bond acceptors (Lipinski definition) is 3. The molecule has 1 aromatic heterocycles. The van der Waals surface area contributed by atoms with Crippen LogP contribution in [0, 0.1) is 0 Å². The van der Waals surface area contributed by atoms with E-state index in [1.807, 2.05) is 30.6 Å². The first-order valence-electron chi connectivity index (χ1n) is 9.63. The van der Waals surface area contributed by atoms with Crippen LogP contribution in [-0.2, 0) is 12.0 Å². The van der Waals surface area contributed by atoms with Crippen molar-refractivity contribution in [2.75, 3.05) is 12.5 Å². The number of imidazole rings is 1. The summed E-state index contributed by atoms with van der Waals surface area (Å²) in [5.41, 5.74) is 2.81. The predicted molar refractivity (Wildman–Crippen MR) is 138 cm³/mol. The molecule has 0 spiro atoms. The summed E-state index contributed by atoms with van der Waals surface area (Å²) in [5, 5.41) is 1.00. The Morgan fingerprint density at radius 2 is 1.74 bits per heavy atom. The molecule has 0 aliphatic heterocycles. The van der Waals surface area contributed by atoms with Crippen molar-refractivity contribution in [1.29, 1.82) is 0 Å². The molecule has 0 unspecified atom stereocenters. The van der Waals surface area contributed by atoms with Crippen molar-refractivity contribution in [3.05, 3.63) is 75.8 Å². The van der Waals surface area contributed by atoms with E-state index in [9.17, 15) is 0 Å². The fraction of sp³-hybridized carbons (Fsp3) is 0.318. The molecule has 0 atom stereocenters. The van der Waals surface area contributed by atoms with Crippen molar-refractivity contribution in [2.24, 2.45) is 0 Å². The molecule has 1 heterocycles.